The van der Waals surface area contributed by atoms with E-state index >= 15 is 0 Å². The predicted octanol–water partition coefficient (Wildman–Crippen LogP) is 9.71. The maximum atomic E-state index is 14.0. The standard InChI is InChI=1S/C44H66N6O10/c1-30(45)31-18-22-33(23-19-31)55-28-16-14-26-49(39(53)59-43(8,9)10)36(48-38(52)58-42(5,6)7)50(40(54)60-44(11,12)13)27-15-17-29-56-34-24-20-32(21-25-34)35(46)47-37(51)57-41(2,3)4/h18-25,45H,14-17,26-29H2,1-13H3,(H2,46,47,51). The van der Waals surface area contributed by atoms with Gasteiger partial charge >= 0.3 is 24.4 Å². The molecule has 16 nitrogen and oxygen atoms in total. The zero-order chi connectivity index (χ0) is 45.5. The van der Waals surface area contributed by atoms with Gasteiger partial charge in [-0.3, -0.25) is 10.7 Å². The largest absolute Gasteiger partial charge is 0.494 e. The fourth-order valence-electron chi connectivity index (χ4n) is 4.93. The van der Waals surface area contributed by atoms with E-state index in [0.29, 0.717) is 55.1 Å². The Bertz CT molecular complexity index is 1800. The first-order valence-corrected chi connectivity index (χ1v) is 20.1. The number of guanidine groups is 1. The Morgan fingerprint density at radius 3 is 1.32 bits per heavy atom. The van der Waals surface area contributed by atoms with Crippen LogP contribution in [0.1, 0.15) is 127 Å². The van der Waals surface area contributed by atoms with Crippen LogP contribution in [0.4, 0.5) is 19.2 Å². The third-order valence-electron chi connectivity index (χ3n) is 7.44. The summed E-state index contributed by atoms with van der Waals surface area (Å²) in [7, 11) is 0. The minimum atomic E-state index is -1.02. The molecule has 0 bridgehead atoms. The van der Waals surface area contributed by atoms with E-state index in [2.05, 4.69) is 10.3 Å². The summed E-state index contributed by atoms with van der Waals surface area (Å²) in [6, 6.07) is 13.8. The summed E-state index contributed by atoms with van der Waals surface area (Å²) in [5.41, 5.74) is -1.83. The number of nitrogens with zero attached hydrogens (tertiary/aromatic N) is 3. The highest BCUT2D eigenvalue weighted by atomic mass is 16.6. The lowest BCUT2D eigenvalue weighted by Crippen LogP contribution is -2.53. The predicted molar refractivity (Wildman–Crippen MR) is 231 cm³/mol. The lowest BCUT2D eigenvalue weighted by atomic mass is 10.1. The molecular formula is C44H66N6O10. The molecule has 4 amide bonds. The van der Waals surface area contributed by atoms with Crippen molar-refractivity contribution in [1.82, 2.24) is 15.1 Å². The van der Waals surface area contributed by atoms with Gasteiger partial charge in [0.15, 0.2) is 0 Å². The normalized spacial score (nSPS) is 12.1. The van der Waals surface area contributed by atoms with Crippen molar-refractivity contribution in [2.75, 3.05) is 26.3 Å². The lowest BCUT2D eigenvalue weighted by Gasteiger charge is -2.34. The molecule has 0 aliphatic rings. The molecule has 3 N–H and O–H groups in total. The van der Waals surface area contributed by atoms with Gasteiger partial charge in [-0.2, -0.15) is 0 Å². The van der Waals surface area contributed by atoms with Crippen LogP contribution in [0, 0.1) is 10.8 Å². The van der Waals surface area contributed by atoms with Crippen molar-refractivity contribution in [2.24, 2.45) is 4.99 Å². The number of amides is 4. The Balaban J connectivity index is 2.32. The topological polar surface area (TPSA) is 202 Å². The molecule has 0 unspecified atom stereocenters. The summed E-state index contributed by atoms with van der Waals surface area (Å²) in [5.74, 6) is 0.696. The fraction of sp³-hybridized carbons (Fsp3) is 0.568. The molecule has 332 valence electrons. The maximum absolute atomic E-state index is 14.0. The maximum Gasteiger partial charge on any atom is 0.437 e. The minimum Gasteiger partial charge on any atom is -0.494 e. The average molecular weight is 839 g/mol. The number of unbranched alkanes of at least 4 members (excludes halogenated alkanes) is 2. The van der Waals surface area contributed by atoms with Gasteiger partial charge in [0.1, 0.15) is 39.7 Å². The number of alkyl carbamates (subject to hydrolysis) is 1. The molecule has 60 heavy (non-hydrogen) atoms. The van der Waals surface area contributed by atoms with E-state index in [0.717, 1.165) is 15.4 Å². The van der Waals surface area contributed by atoms with Crippen molar-refractivity contribution < 1.29 is 47.6 Å². The number of carbonyl (C=O) groups excluding carboxylic acids is 4. The summed E-state index contributed by atoms with van der Waals surface area (Å²) in [4.78, 5) is 59.8. The molecule has 2 aromatic carbocycles. The van der Waals surface area contributed by atoms with Crippen molar-refractivity contribution in [1.29, 1.82) is 10.8 Å². The highest BCUT2D eigenvalue weighted by Crippen LogP contribution is 2.20. The van der Waals surface area contributed by atoms with E-state index in [4.69, 9.17) is 39.2 Å². The van der Waals surface area contributed by atoms with Gasteiger partial charge in [-0.25, -0.2) is 29.0 Å². The van der Waals surface area contributed by atoms with Gasteiger partial charge in [0, 0.05) is 24.4 Å². The van der Waals surface area contributed by atoms with Crippen LogP contribution >= 0.6 is 0 Å². The molecule has 0 heterocycles. The van der Waals surface area contributed by atoms with Gasteiger partial charge in [-0.1, -0.05) is 0 Å². The smallest absolute Gasteiger partial charge is 0.437 e. The van der Waals surface area contributed by atoms with Crippen LogP contribution in [0.15, 0.2) is 53.5 Å². The molecule has 0 aromatic heterocycles. The van der Waals surface area contributed by atoms with Crippen molar-refractivity contribution in [3.63, 3.8) is 0 Å². The molecule has 0 aliphatic heterocycles. The Labute approximate surface area is 355 Å². The van der Waals surface area contributed by atoms with Gasteiger partial charge < -0.3 is 33.8 Å². The highest BCUT2D eigenvalue weighted by molar-refractivity contribution is 6.05. The second-order valence-electron chi connectivity index (χ2n) is 17.9. The SMILES string of the molecule is CC(=N)c1ccc(OCCCCN(C(=O)OC(C)(C)C)C(=NC(=O)OC(C)(C)C)N(CCCCOc2ccc(C(=N)NC(=O)OC(C)(C)C)cc2)C(=O)OC(C)(C)C)cc1. The summed E-state index contributed by atoms with van der Waals surface area (Å²) in [5, 5.41) is 18.4. The Hall–Kier alpha value is -5.67. The summed E-state index contributed by atoms with van der Waals surface area (Å²) in [6.45, 7) is 22.7. The Morgan fingerprint density at radius 2 is 0.950 bits per heavy atom. The zero-order valence-electron chi connectivity index (χ0n) is 37.7. The number of rotatable bonds is 14. The number of aliphatic imine (C=N–C) groups is 1. The molecule has 2 rings (SSSR count). The van der Waals surface area contributed by atoms with Crippen LogP contribution in [0.2, 0.25) is 0 Å². The molecule has 16 heteroatoms. The summed E-state index contributed by atoms with van der Waals surface area (Å²) in [6.07, 6.45) is -1.81. The molecule has 0 radical (unpaired) electrons. The molecule has 0 saturated heterocycles. The number of benzene rings is 2. The Kier molecular flexibility index (Phi) is 18.6. The molecule has 0 atom stereocenters. The number of nitrogens with one attached hydrogen (secondary N) is 3. The first-order chi connectivity index (χ1) is 27.6. The molecule has 0 fully saturated rings. The molecular weight excluding hydrogens is 773 g/mol. The zero-order valence-corrected chi connectivity index (χ0v) is 37.7. The summed E-state index contributed by atoms with van der Waals surface area (Å²) < 4.78 is 34.1. The van der Waals surface area contributed by atoms with Gasteiger partial charge in [-0.05, 0) is 170 Å². The summed E-state index contributed by atoms with van der Waals surface area (Å²) >= 11 is 0. The van der Waals surface area contributed by atoms with Crippen molar-refractivity contribution >= 4 is 41.9 Å². The van der Waals surface area contributed by atoms with Gasteiger partial charge in [0.05, 0.1) is 13.2 Å². The number of ether oxygens (including phenoxy) is 6. The van der Waals surface area contributed by atoms with Crippen LogP contribution in [0.5, 0.6) is 11.5 Å². The second kappa shape index (κ2) is 22.1. The number of carbonyl (C=O) groups is 4. The quantitative estimate of drug-likeness (QED) is 0.0711. The average Bonchev–Trinajstić information content (AvgIpc) is 3.08. The highest BCUT2D eigenvalue weighted by Gasteiger charge is 2.35. The van der Waals surface area contributed by atoms with E-state index in [9.17, 15) is 19.2 Å². The van der Waals surface area contributed by atoms with Gasteiger partial charge in [0.25, 0.3) is 0 Å². The molecule has 2 aromatic rings. The van der Waals surface area contributed by atoms with Crippen molar-refractivity contribution in [3.05, 3.63) is 59.7 Å². The van der Waals surface area contributed by atoms with Crippen LogP contribution in [0.25, 0.3) is 0 Å². The van der Waals surface area contributed by atoms with E-state index < -0.39 is 46.8 Å². The van der Waals surface area contributed by atoms with E-state index in [1.807, 2.05) is 0 Å². The number of hydrogen-bond acceptors (Lipinski definition) is 12. The Morgan fingerprint density at radius 1 is 0.567 bits per heavy atom. The molecule has 0 spiro atoms. The lowest BCUT2D eigenvalue weighted by molar-refractivity contribution is 0.0269. The molecule has 0 saturated carbocycles. The fourth-order valence-corrected chi connectivity index (χ4v) is 4.93. The first-order valence-electron chi connectivity index (χ1n) is 20.1. The van der Waals surface area contributed by atoms with Crippen molar-refractivity contribution in [3.8, 4) is 11.5 Å². The second-order valence-corrected chi connectivity index (χ2v) is 17.9. The van der Waals surface area contributed by atoms with E-state index in [1.165, 1.54) is 0 Å². The number of hydrogen-bond donors (Lipinski definition) is 3. The van der Waals surface area contributed by atoms with Crippen LogP contribution < -0.4 is 14.8 Å². The third-order valence-corrected chi connectivity index (χ3v) is 7.44. The van der Waals surface area contributed by atoms with Crippen LogP contribution in [-0.2, 0) is 18.9 Å². The first kappa shape index (κ1) is 50.5. The molecule has 0 aliphatic carbocycles. The monoisotopic (exact) mass is 838 g/mol. The minimum absolute atomic E-state index is 0.00496. The van der Waals surface area contributed by atoms with Crippen molar-refractivity contribution in [2.45, 2.75) is 138 Å². The third kappa shape index (κ3) is 20.3. The van der Waals surface area contributed by atoms with Gasteiger partial charge in [0.2, 0.25) is 5.96 Å². The van der Waals surface area contributed by atoms with Crippen LogP contribution in [0.3, 0.4) is 0 Å². The van der Waals surface area contributed by atoms with Crippen LogP contribution in [-0.4, -0.2) is 100 Å². The van der Waals surface area contributed by atoms with E-state index in [1.54, 1.807) is 139 Å². The van der Waals surface area contributed by atoms with E-state index in [-0.39, 0.29) is 31.5 Å². The van der Waals surface area contributed by atoms with Gasteiger partial charge in [-0.15, -0.1) is 4.99 Å². The number of amidine groups is 1.